The van der Waals surface area contributed by atoms with Gasteiger partial charge < -0.3 is 10.5 Å². The number of aryl methyl sites for hydroxylation is 1. The summed E-state index contributed by atoms with van der Waals surface area (Å²) in [5.74, 6) is -0.878. The van der Waals surface area contributed by atoms with Crippen LogP contribution in [0.2, 0.25) is 0 Å². The van der Waals surface area contributed by atoms with Crippen LogP contribution in [0.1, 0.15) is 11.5 Å². The Morgan fingerprint density at radius 1 is 1.29 bits per heavy atom. The normalized spacial score (nSPS) is 11.8. The van der Waals surface area contributed by atoms with E-state index in [1.807, 2.05) is 0 Å². The topological polar surface area (TPSA) is 61.0 Å². The van der Waals surface area contributed by atoms with Crippen LogP contribution in [0.15, 0.2) is 0 Å². The summed E-state index contributed by atoms with van der Waals surface area (Å²) in [6.45, 7) is -0.139. The smallest absolute Gasteiger partial charge is 0.381 e. The molecule has 0 spiro atoms. The second kappa shape index (κ2) is 5.26. The predicted molar refractivity (Wildman–Crippen MR) is 51.7 cm³/mol. The van der Waals surface area contributed by atoms with Crippen LogP contribution in [0.25, 0.3) is 0 Å². The second-order valence-corrected chi connectivity index (χ2v) is 3.34. The minimum Gasteiger partial charge on any atom is -0.381 e. The second-order valence-electron chi connectivity index (χ2n) is 3.34. The molecule has 0 saturated heterocycles. The average Bonchev–Trinajstić information content (AvgIpc) is 2.19. The van der Waals surface area contributed by atoms with E-state index in [0.29, 0.717) is 0 Å². The number of nitrogens with two attached hydrogens (primary N) is 1. The molecule has 96 valence electrons. The third kappa shape index (κ3) is 4.51. The van der Waals surface area contributed by atoms with E-state index in [0.717, 1.165) is 0 Å². The maximum absolute atomic E-state index is 13.0. The Hall–Kier alpha value is -1.44. The summed E-state index contributed by atoms with van der Waals surface area (Å²) in [5, 5.41) is 0. The molecule has 0 aromatic carbocycles. The van der Waals surface area contributed by atoms with Crippen molar-refractivity contribution in [2.45, 2.75) is 19.5 Å². The maximum Gasteiger partial charge on any atom is 0.411 e. The molecule has 1 aromatic heterocycles. The summed E-state index contributed by atoms with van der Waals surface area (Å²) in [4.78, 5) is 7.34. The maximum atomic E-state index is 13.0. The molecule has 0 radical (unpaired) electrons. The molecule has 4 nitrogen and oxygen atoms in total. The molecule has 8 heteroatoms. The number of alkyl halides is 3. The van der Waals surface area contributed by atoms with Crippen LogP contribution in [0.5, 0.6) is 0 Å². The standard InChI is InChI=1S/C9H11F4N3O/c1-5-7(10)8(14)16-6(15-5)2-3-17-4-9(11,12)13/h2-4H2,1H3,(H2,14,15,16). The number of halogens is 4. The van der Waals surface area contributed by atoms with Gasteiger partial charge in [0, 0.05) is 6.42 Å². The fourth-order valence-electron chi connectivity index (χ4n) is 1.10. The summed E-state index contributed by atoms with van der Waals surface area (Å²) >= 11 is 0. The van der Waals surface area contributed by atoms with Gasteiger partial charge in [-0.25, -0.2) is 14.4 Å². The van der Waals surface area contributed by atoms with Crippen molar-refractivity contribution >= 4 is 5.82 Å². The predicted octanol–water partition coefficient (Wildman–Crippen LogP) is 1.63. The fourth-order valence-corrected chi connectivity index (χ4v) is 1.10. The molecule has 0 bridgehead atoms. The number of rotatable bonds is 4. The van der Waals surface area contributed by atoms with E-state index >= 15 is 0 Å². The molecular weight excluding hydrogens is 242 g/mol. The van der Waals surface area contributed by atoms with Gasteiger partial charge in [0.05, 0.1) is 12.3 Å². The third-order valence-electron chi connectivity index (χ3n) is 1.82. The first-order valence-corrected chi connectivity index (χ1v) is 4.72. The van der Waals surface area contributed by atoms with Crippen molar-refractivity contribution in [3.63, 3.8) is 0 Å². The van der Waals surface area contributed by atoms with Crippen molar-refractivity contribution in [1.29, 1.82) is 0 Å². The van der Waals surface area contributed by atoms with Gasteiger partial charge in [-0.15, -0.1) is 0 Å². The zero-order valence-corrected chi connectivity index (χ0v) is 9.01. The SMILES string of the molecule is Cc1nc(CCOCC(F)(F)F)nc(N)c1F. The molecule has 0 unspecified atom stereocenters. The van der Waals surface area contributed by atoms with Gasteiger partial charge in [0.25, 0.3) is 0 Å². The van der Waals surface area contributed by atoms with Crippen molar-refractivity contribution in [3.8, 4) is 0 Å². The summed E-state index contributed by atoms with van der Waals surface area (Å²) in [7, 11) is 0. The van der Waals surface area contributed by atoms with Crippen molar-refractivity contribution < 1.29 is 22.3 Å². The van der Waals surface area contributed by atoms with E-state index in [4.69, 9.17) is 5.73 Å². The summed E-state index contributed by atoms with van der Waals surface area (Å²) < 4.78 is 52.6. The van der Waals surface area contributed by atoms with E-state index in [1.165, 1.54) is 6.92 Å². The van der Waals surface area contributed by atoms with Crippen molar-refractivity contribution in [2.24, 2.45) is 0 Å². The van der Waals surface area contributed by atoms with E-state index in [-0.39, 0.29) is 30.4 Å². The Morgan fingerprint density at radius 2 is 1.94 bits per heavy atom. The minimum absolute atomic E-state index is 0.0431. The lowest BCUT2D eigenvalue weighted by Crippen LogP contribution is -2.18. The first kappa shape index (κ1) is 13.6. The van der Waals surface area contributed by atoms with Crippen molar-refractivity contribution in [1.82, 2.24) is 9.97 Å². The molecule has 17 heavy (non-hydrogen) atoms. The lowest BCUT2D eigenvalue weighted by Gasteiger charge is -2.07. The van der Waals surface area contributed by atoms with Crippen LogP contribution in [-0.4, -0.2) is 29.4 Å². The third-order valence-corrected chi connectivity index (χ3v) is 1.82. The average molecular weight is 253 g/mol. The number of hydrogen-bond acceptors (Lipinski definition) is 4. The van der Waals surface area contributed by atoms with E-state index < -0.39 is 18.6 Å². The highest BCUT2D eigenvalue weighted by atomic mass is 19.4. The number of anilines is 1. The van der Waals surface area contributed by atoms with Gasteiger partial charge >= 0.3 is 6.18 Å². The first-order chi connectivity index (χ1) is 7.79. The number of nitrogens with zero attached hydrogens (tertiary/aromatic N) is 2. The molecule has 1 rings (SSSR count). The first-order valence-electron chi connectivity index (χ1n) is 4.72. The Morgan fingerprint density at radius 3 is 2.47 bits per heavy atom. The molecule has 0 aliphatic rings. The van der Waals surface area contributed by atoms with Crippen LogP contribution < -0.4 is 5.73 Å². The molecular formula is C9H11F4N3O. The number of aromatic nitrogens is 2. The Bertz CT molecular complexity index is 371. The summed E-state index contributed by atoms with van der Waals surface area (Å²) in [6, 6.07) is 0. The van der Waals surface area contributed by atoms with Crippen LogP contribution in [0, 0.1) is 12.7 Å². The zero-order chi connectivity index (χ0) is 13.1. The van der Waals surface area contributed by atoms with Crippen LogP contribution in [-0.2, 0) is 11.2 Å². The monoisotopic (exact) mass is 253 g/mol. The van der Waals surface area contributed by atoms with Gasteiger partial charge in [0.2, 0.25) is 0 Å². The lowest BCUT2D eigenvalue weighted by atomic mass is 10.3. The Labute approximate surface area is 94.8 Å². The lowest BCUT2D eigenvalue weighted by molar-refractivity contribution is -0.173. The van der Waals surface area contributed by atoms with E-state index in [2.05, 4.69) is 14.7 Å². The highest BCUT2D eigenvalue weighted by molar-refractivity contribution is 5.31. The van der Waals surface area contributed by atoms with Gasteiger partial charge in [0.1, 0.15) is 12.4 Å². The van der Waals surface area contributed by atoms with Gasteiger partial charge in [-0.2, -0.15) is 13.2 Å². The number of hydrogen-bond donors (Lipinski definition) is 1. The molecule has 0 fully saturated rings. The summed E-state index contributed by atoms with van der Waals surface area (Å²) in [5.41, 5.74) is 5.31. The van der Waals surface area contributed by atoms with Crippen LogP contribution >= 0.6 is 0 Å². The molecule has 2 N–H and O–H groups in total. The van der Waals surface area contributed by atoms with Crippen LogP contribution in [0.3, 0.4) is 0 Å². The minimum atomic E-state index is -4.36. The number of nitrogen functional groups attached to an aromatic ring is 1. The van der Waals surface area contributed by atoms with Gasteiger partial charge in [-0.1, -0.05) is 0 Å². The van der Waals surface area contributed by atoms with E-state index in [1.54, 1.807) is 0 Å². The molecule has 0 atom stereocenters. The molecule has 0 aliphatic carbocycles. The molecule has 1 heterocycles. The van der Waals surface area contributed by atoms with E-state index in [9.17, 15) is 17.6 Å². The summed E-state index contributed by atoms with van der Waals surface area (Å²) in [6.07, 6.45) is -4.32. The van der Waals surface area contributed by atoms with Crippen molar-refractivity contribution in [3.05, 3.63) is 17.3 Å². The quantitative estimate of drug-likeness (QED) is 0.654. The number of ether oxygens (including phenoxy) is 1. The molecule has 1 aromatic rings. The molecule has 0 amide bonds. The molecule has 0 aliphatic heterocycles. The van der Waals surface area contributed by atoms with Crippen molar-refractivity contribution in [2.75, 3.05) is 18.9 Å². The highest BCUT2D eigenvalue weighted by Gasteiger charge is 2.27. The van der Waals surface area contributed by atoms with Gasteiger partial charge in [-0.3, -0.25) is 0 Å². The zero-order valence-electron chi connectivity index (χ0n) is 9.01. The van der Waals surface area contributed by atoms with Gasteiger partial charge in [-0.05, 0) is 6.92 Å². The van der Waals surface area contributed by atoms with Crippen LogP contribution in [0.4, 0.5) is 23.4 Å². The Balaban J connectivity index is 2.48. The fraction of sp³-hybridized carbons (Fsp3) is 0.556. The van der Waals surface area contributed by atoms with Gasteiger partial charge in [0.15, 0.2) is 11.6 Å². The highest BCUT2D eigenvalue weighted by Crippen LogP contribution is 2.15. The Kier molecular flexibility index (Phi) is 4.22. The largest absolute Gasteiger partial charge is 0.411 e. The molecule has 0 saturated carbocycles.